The van der Waals surface area contributed by atoms with Crippen molar-refractivity contribution in [3.63, 3.8) is 0 Å². The summed E-state index contributed by atoms with van der Waals surface area (Å²) in [5.41, 5.74) is -2.32. The summed E-state index contributed by atoms with van der Waals surface area (Å²) in [6, 6.07) is 0. The molecular weight excluding hydrogens is 178 g/mol. The minimum absolute atomic E-state index is 0.662. The Morgan fingerprint density at radius 3 is 2.31 bits per heavy atom. The Morgan fingerprint density at radius 1 is 1.31 bits per heavy atom. The molecule has 0 amide bonds. The fourth-order valence-electron chi connectivity index (χ4n) is 0.893. The smallest absolute Gasteiger partial charge is 0.458 e. The molecule has 0 N–H and O–H groups in total. The van der Waals surface area contributed by atoms with Gasteiger partial charge < -0.3 is 9.67 Å². The maximum atomic E-state index is 11.1. The zero-order valence-corrected chi connectivity index (χ0v) is 7.01. The Morgan fingerprint density at radius 2 is 1.85 bits per heavy atom. The highest BCUT2D eigenvalue weighted by Gasteiger charge is 2.19. The zero-order chi connectivity index (χ0) is 10.2. The van der Waals surface area contributed by atoms with Gasteiger partial charge in [0, 0.05) is 14.1 Å². The van der Waals surface area contributed by atoms with E-state index in [1.54, 1.807) is 0 Å². The zero-order valence-electron chi connectivity index (χ0n) is 7.01. The van der Waals surface area contributed by atoms with Crippen LogP contribution in [0.4, 0.5) is 5.69 Å². The first-order valence-corrected chi connectivity index (χ1v) is 3.32. The first-order valence-electron chi connectivity index (χ1n) is 3.32. The van der Waals surface area contributed by atoms with Gasteiger partial charge in [0.2, 0.25) is 5.39 Å². The Balaban J connectivity index is 3.92. The Kier molecular flexibility index (Phi) is 1.90. The highest BCUT2D eigenvalue weighted by Crippen LogP contribution is 2.13. The van der Waals surface area contributed by atoms with Crippen LogP contribution in [0.25, 0.3) is 4.98 Å². The number of rotatable bonds is 0. The second-order valence-electron chi connectivity index (χ2n) is 2.46. The minimum atomic E-state index is -0.907. The molecule has 0 aliphatic carbocycles. The molecule has 1 aromatic heterocycles. The van der Waals surface area contributed by atoms with Gasteiger partial charge in [0.25, 0.3) is 0 Å². The van der Waals surface area contributed by atoms with Crippen molar-refractivity contribution in [3.05, 3.63) is 25.8 Å². The highest BCUT2D eigenvalue weighted by atomic mass is 16.3. The van der Waals surface area contributed by atoms with Crippen molar-refractivity contribution in [2.45, 2.75) is 0 Å². The van der Waals surface area contributed by atoms with Crippen LogP contribution in [0, 0.1) is 5.39 Å². The molecule has 1 heterocycles. The van der Waals surface area contributed by atoms with Crippen molar-refractivity contribution in [2.24, 2.45) is 14.1 Å². The molecule has 0 radical (unpaired) electrons. The fourth-order valence-corrected chi connectivity index (χ4v) is 0.893. The predicted octanol–water partition coefficient (Wildman–Crippen LogP) is -1.36. The summed E-state index contributed by atoms with van der Waals surface area (Å²) in [4.78, 5) is 24.7. The van der Waals surface area contributed by atoms with Crippen LogP contribution in [0.2, 0.25) is 0 Å². The average molecular weight is 184 g/mol. The maximum Gasteiger partial charge on any atom is 0.458 e. The quantitative estimate of drug-likeness (QED) is 0.367. The number of aromatic nitrogens is 2. The van der Waals surface area contributed by atoms with E-state index in [-0.39, 0.29) is 0 Å². The van der Waals surface area contributed by atoms with Gasteiger partial charge in [-0.1, -0.05) is 0 Å². The van der Waals surface area contributed by atoms with Gasteiger partial charge in [-0.15, -0.1) is 0 Å². The van der Waals surface area contributed by atoms with E-state index >= 15 is 0 Å². The van der Waals surface area contributed by atoms with Gasteiger partial charge in [0.05, 0.1) is 5.88 Å². The second kappa shape index (κ2) is 2.75. The lowest BCUT2D eigenvalue weighted by Gasteiger charge is -2.08. The standard InChI is InChI=1S/C6H6N4O3/c1-9-4(11)3(8-7)5(12)10(2)6(9)13/h1-2H3/i7+1,8+1. The minimum Gasteiger partial charge on any atom is -0.854 e. The van der Waals surface area contributed by atoms with Crippen molar-refractivity contribution < 1.29 is 5.11 Å². The van der Waals surface area contributed by atoms with Gasteiger partial charge in [-0.05, 0) is 0 Å². The van der Waals surface area contributed by atoms with Gasteiger partial charge in [0.15, 0.2) is 4.98 Å². The van der Waals surface area contributed by atoms with E-state index < -0.39 is 22.8 Å². The first-order chi connectivity index (χ1) is 6.00. The number of hydrogen-bond acceptors (Lipinski definition) is 4. The number of diazo groups is 1. The van der Waals surface area contributed by atoms with Crippen LogP contribution < -0.4 is 16.4 Å². The Hall–Kier alpha value is -2.10. The molecule has 0 saturated carbocycles. The lowest BCUT2D eigenvalue weighted by molar-refractivity contribution is -0.278. The van der Waals surface area contributed by atoms with Crippen molar-refractivity contribution in [1.82, 2.24) is 9.13 Å². The molecule has 68 valence electrons. The van der Waals surface area contributed by atoms with E-state index in [9.17, 15) is 14.7 Å². The van der Waals surface area contributed by atoms with E-state index in [4.69, 9.17) is 5.39 Å². The second-order valence-corrected chi connectivity index (χ2v) is 2.46. The van der Waals surface area contributed by atoms with Gasteiger partial charge in [-0.2, -0.15) is 0 Å². The summed E-state index contributed by atoms with van der Waals surface area (Å²) in [7, 11) is 2.39. The first kappa shape index (κ1) is 8.99. The van der Waals surface area contributed by atoms with E-state index in [0.717, 1.165) is 0 Å². The van der Waals surface area contributed by atoms with Gasteiger partial charge in [-0.25, -0.2) is 4.79 Å². The largest absolute Gasteiger partial charge is 0.854 e. The maximum absolute atomic E-state index is 11.1. The van der Waals surface area contributed by atoms with Crippen LogP contribution >= 0.6 is 0 Å². The molecule has 0 aliphatic heterocycles. The molecule has 0 spiro atoms. The lowest BCUT2D eigenvalue weighted by Crippen LogP contribution is -2.37. The highest BCUT2D eigenvalue weighted by molar-refractivity contribution is 5.49. The molecule has 1 aromatic rings. The molecule has 7 nitrogen and oxygen atoms in total. The van der Waals surface area contributed by atoms with Gasteiger partial charge >= 0.3 is 16.9 Å². The SMILES string of the molecule is Cn1c([O-])c([15N+]#[15N])c(=O)n(C)c1=O. The molecule has 0 saturated heterocycles. The molecule has 0 atom stereocenters. The third-order valence-corrected chi connectivity index (χ3v) is 1.69. The van der Waals surface area contributed by atoms with Crippen molar-refractivity contribution >= 4 is 5.69 Å². The van der Waals surface area contributed by atoms with E-state index in [0.29, 0.717) is 9.13 Å². The van der Waals surface area contributed by atoms with Crippen molar-refractivity contribution in [2.75, 3.05) is 0 Å². The predicted molar refractivity (Wildman–Crippen MR) is 41.1 cm³/mol. The summed E-state index contributed by atoms with van der Waals surface area (Å²) < 4.78 is 1.38. The molecule has 7 heteroatoms. The van der Waals surface area contributed by atoms with E-state index in [1.165, 1.54) is 14.1 Å². The van der Waals surface area contributed by atoms with Crippen LogP contribution in [0.1, 0.15) is 0 Å². The van der Waals surface area contributed by atoms with Crippen molar-refractivity contribution in [3.8, 4) is 5.88 Å². The van der Waals surface area contributed by atoms with Crippen LogP contribution in [-0.4, -0.2) is 9.13 Å². The Bertz CT molecular complexity index is 504. The van der Waals surface area contributed by atoms with Crippen LogP contribution in [0.5, 0.6) is 5.88 Å². The Labute approximate surface area is 72.1 Å². The van der Waals surface area contributed by atoms with E-state index in [2.05, 4.69) is 4.98 Å². The van der Waals surface area contributed by atoms with Gasteiger partial charge in [-0.3, -0.25) is 9.36 Å². The third kappa shape index (κ3) is 1.08. The number of hydrogen-bond donors (Lipinski definition) is 0. The summed E-state index contributed by atoms with van der Waals surface area (Å²) >= 11 is 0. The van der Waals surface area contributed by atoms with Crippen LogP contribution in [0.3, 0.4) is 0 Å². The summed E-state index contributed by atoms with van der Waals surface area (Å²) in [6.07, 6.45) is 0. The molecule has 0 aliphatic rings. The molecule has 0 aromatic carbocycles. The van der Waals surface area contributed by atoms with Crippen LogP contribution in [0.15, 0.2) is 9.59 Å². The summed E-state index contributed by atoms with van der Waals surface area (Å²) in [5.74, 6) is -0.907. The molecule has 0 fully saturated rings. The summed E-state index contributed by atoms with van der Waals surface area (Å²) in [6.45, 7) is 0. The van der Waals surface area contributed by atoms with Crippen molar-refractivity contribution in [1.29, 1.82) is 5.39 Å². The fraction of sp³-hybridized carbons (Fsp3) is 0.333. The monoisotopic (exact) mass is 184 g/mol. The molecule has 0 bridgehead atoms. The molecule has 1 rings (SSSR count). The molecule has 13 heavy (non-hydrogen) atoms. The number of nitrogens with zero attached hydrogens (tertiary/aromatic N) is 4. The topological polar surface area (TPSA) is 95.2 Å². The van der Waals surface area contributed by atoms with Gasteiger partial charge in [0.1, 0.15) is 0 Å². The third-order valence-electron chi connectivity index (χ3n) is 1.69. The normalized spacial score (nSPS) is 9.62. The van der Waals surface area contributed by atoms with E-state index in [1.807, 2.05) is 0 Å². The lowest BCUT2D eigenvalue weighted by atomic mass is 10.5. The summed E-state index contributed by atoms with van der Waals surface area (Å²) in [5, 5.41) is 19.4. The van der Waals surface area contributed by atoms with Crippen LogP contribution in [-0.2, 0) is 14.1 Å². The average Bonchev–Trinajstić information content (AvgIpc) is 2.13. The molecule has 0 unspecified atom stereocenters. The molecular formula is C6H6N4O3.